The van der Waals surface area contributed by atoms with E-state index in [1.807, 2.05) is 0 Å². The SMILES string of the molecule is CN(c1ccc(C(=O)NCCSC(C)(C)C)c(Cl)c1)S(=O)(=O)c1ccccc1. The van der Waals surface area contributed by atoms with Crippen LogP contribution in [0.1, 0.15) is 31.1 Å². The van der Waals surface area contributed by atoms with Crippen molar-refractivity contribution in [3.63, 3.8) is 0 Å². The maximum Gasteiger partial charge on any atom is 0.264 e. The number of sulfonamides is 1. The molecular formula is C20H25ClN2O3S2. The van der Waals surface area contributed by atoms with Gasteiger partial charge in [-0.1, -0.05) is 50.6 Å². The van der Waals surface area contributed by atoms with Gasteiger partial charge in [-0.2, -0.15) is 11.8 Å². The van der Waals surface area contributed by atoms with Gasteiger partial charge in [-0.05, 0) is 30.3 Å². The third-order valence-corrected chi connectivity index (χ3v) is 7.27. The number of nitrogens with one attached hydrogen (secondary N) is 1. The molecule has 0 spiro atoms. The first kappa shape index (κ1) is 22.6. The number of hydrogen-bond acceptors (Lipinski definition) is 4. The predicted octanol–water partition coefficient (Wildman–Crippen LogP) is 4.43. The minimum Gasteiger partial charge on any atom is -0.351 e. The number of carbonyl (C=O) groups is 1. The van der Waals surface area contributed by atoms with Gasteiger partial charge < -0.3 is 5.32 Å². The van der Waals surface area contributed by atoms with Crippen molar-refractivity contribution in [2.45, 2.75) is 30.4 Å². The van der Waals surface area contributed by atoms with Gasteiger partial charge in [0.2, 0.25) is 0 Å². The monoisotopic (exact) mass is 440 g/mol. The van der Waals surface area contributed by atoms with Gasteiger partial charge in [0, 0.05) is 24.1 Å². The van der Waals surface area contributed by atoms with Crippen molar-refractivity contribution in [3.05, 3.63) is 59.1 Å². The first-order chi connectivity index (χ1) is 13.0. The summed E-state index contributed by atoms with van der Waals surface area (Å²) in [6.45, 7) is 6.89. The zero-order chi connectivity index (χ0) is 20.9. The number of thioether (sulfide) groups is 1. The van der Waals surface area contributed by atoms with Crippen LogP contribution in [0.3, 0.4) is 0 Å². The van der Waals surface area contributed by atoms with Crippen LogP contribution in [0.25, 0.3) is 0 Å². The standard InChI is InChI=1S/C20H25ClN2O3S2/c1-20(2,3)27-13-12-22-19(24)17-11-10-15(14-18(17)21)23(4)28(25,26)16-8-6-5-7-9-16/h5-11,14H,12-13H2,1-4H3,(H,22,24). The summed E-state index contributed by atoms with van der Waals surface area (Å²) in [6, 6.07) is 12.8. The highest BCUT2D eigenvalue weighted by Gasteiger charge is 2.22. The zero-order valence-corrected chi connectivity index (χ0v) is 18.8. The molecule has 0 heterocycles. The highest BCUT2D eigenvalue weighted by molar-refractivity contribution is 8.00. The summed E-state index contributed by atoms with van der Waals surface area (Å²) in [4.78, 5) is 12.5. The normalized spacial score (nSPS) is 11.9. The van der Waals surface area contributed by atoms with E-state index in [1.54, 1.807) is 42.1 Å². The average Bonchev–Trinajstić information content (AvgIpc) is 2.64. The predicted molar refractivity (Wildman–Crippen MR) is 118 cm³/mol. The molecule has 0 atom stereocenters. The van der Waals surface area contributed by atoms with E-state index >= 15 is 0 Å². The van der Waals surface area contributed by atoms with Crippen LogP contribution in [0.15, 0.2) is 53.4 Å². The van der Waals surface area contributed by atoms with Gasteiger partial charge in [0.05, 0.1) is 21.2 Å². The van der Waals surface area contributed by atoms with Gasteiger partial charge in [-0.15, -0.1) is 0 Å². The van der Waals surface area contributed by atoms with Crippen molar-refractivity contribution < 1.29 is 13.2 Å². The second kappa shape index (κ2) is 9.20. The number of hydrogen-bond donors (Lipinski definition) is 1. The van der Waals surface area contributed by atoms with E-state index in [-0.39, 0.29) is 20.6 Å². The lowest BCUT2D eigenvalue weighted by Crippen LogP contribution is -2.28. The number of benzene rings is 2. The van der Waals surface area contributed by atoms with E-state index in [1.165, 1.54) is 25.2 Å². The Hall–Kier alpha value is -1.70. The molecule has 2 rings (SSSR count). The maximum atomic E-state index is 12.7. The van der Waals surface area contributed by atoms with Crippen LogP contribution >= 0.6 is 23.4 Å². The van der Waals surface area contributed by atoms with Crippen LogP contribution in [0.4, 0.5) is 5.69 Å². The molecule has 0 fully saturated rings. The molecule has 0 aliphatic heterocycles. The first-order valence-electron chi connectivity index (χ1n) is 8.78. The van der Waals surface area contributed by atoms with Gasteiger partial charge in [0.25, 0.3) is 15.9 Å². The number of rotatable bonds is 7. The van der Waals surface area contributed by atoms with Crippen LogP contribution in [0, 0.1) is 0 Å². The number of halogens is 1. The zero-order valence-electron chi connectivity index (χ0n) is 16.4. The Bertz CT molecular complexity index is 926. The largest absolute Gasteiger partial charge is 0.351 e. The van der Waals surface area contributed by atoms with Crippen molar-refractivity contribution in [1.29, 1.82) is 0 Å². The molecule has 1 N–H and O–H groups in total. The average molecular weight is 441 g/mol. The second-order valence-electron chi connectivity index (χ2n) is 7.17. The van der Waals surface area contributed by atoms with E-state index in [0.29, 0.717) is 17.8 Å². The third kappa shape index (κ3) is 5.90. The summed E-state index contributed by atoms with van der Waals surface area (Å²) >= 11 is 8.02. The molecule has 0 aliphatic carbocycles. The van der Waals surface area contributed by atoms with E-state index in [4.69, 9.17) is 11.6 Å². The summed E-state index contributed by atoms with van der Waals surface area (Å²) in [6.07, 6.45) is 0. The van der Waals surface area contributed by atoms with Crippen LogP contribution in [0.5, 0.6) is 0 Å². The van der Waals surface area contributed by atoms with Crippen molar-refractivity contribution >= 4 is 45.0 Å². The van der Waals surface area contributed by atoms with Gasteiger partial charge in [0.15, 0.2) is 0 Å². The van der Waals surface area contributed by atoms with Crippen molar-refractivity contribution in [2.24, 2.45) is 0 Å². The molecule has 2 aromatic rings. The van der Waals surface area contributed by atoms with Crippen LogP contribution in [-0.4, -0.2) is 38.4 Å². The molecule has 28 heavy (non-hydrogen) atoms. The fourth-order valence-corrected chi connectivity index (χ4v) is 4.68. The lowest BCUT2D eigenvalue weighted by atomic mass is 10.2. The fourth-order valence-electron chi connectivity index (χ4n) is 2.39. The molecular weight excluding hydrogens is 416 g/mol. The Morgan fingerprint density at radius 2 is 1.79 bits per heavy atom. The number of anilines is 1. The Kier molecular flexibility index (Phi) is 7.42. The molecule has 2 aromatic carbocycles. The third-order valence-electron chi connectivity index (χ3n) is 3.89. The summed E-state index contributed by atoms with van der Waals surface area (Å²) in [5.41, 5.74) is 0.699. The Balaban J connectivity index is 2.10. The number of amides is 1. The van der Waals surface area contributed by atoms with E-state index in [2.05, 4.69) is 26.1 Å². The smallest absolute Gasteiger partial charge is 0.264 e. The van der Waals surface area contributed by atoms with E-state index < -0.39 is 10.0 Å². The Morgan fingerprint density at radius 1 is 1.14 bits per heavy atom. The molecule has 0 aromatic heterocycles. The highest BCUT2D eigenvalue weighted by Crippen LogP contribution is 2.27. The molecule has 0 saturated carbocycles. The molecule has 0 saturated heterocycles. The molecule has 1 amide bonds. The summed E-state index contributed by atoms with van der Waals surface area (Å²) in [5, 5.41) is 3.04. The summed E-state index contributed by atoms with van der Waals surface area (Å²) in [5.74, 6) is 0.517. The summed E-state index contributed by atoms with van der Waals surface area (Å²) in [7, 11) is -2.25. The second-order valence-corrected chi connectivity index (χ2v) is 11.5. The number of carbonyl (C=O) groups excluding carboxylic acids is 1. The Labute approximate surface area is 176 Å². The molecule has 0 aliphatic rings. The first-order valence-corrected chi connectivity index (χ1v) is 11.6. The molecule has 152 valence electrons. The van der Waals surface area contributed by atoms with Crippen molar-refractivity contribution in [3.8, 4) is 0 Å². The quantitative estimate of drug-likeness (QED) is 0.647. The lowest BCUT2D eigenvalue weighted by molar-refractivity contribution is 0.0956. The maximum absolute atomic E-state index is 12.7. The van der Waals surface area contributed by atoms with Crippen molar-refractivity contribution in [2.75, 3.05) is 23.7 Å². The molecule has 0 unspecified atom stereocenters. The molecule has 0 radical (unpaired) electrons. The minimum absolute atomic E-state index is 0.138. The summed E-state index contributed by atoms with van der Waals surface area (Å²) < 4.78 is 26.7. The van der Waals surface area contributed by atoms with Gasteiger partial charge >= 0.3 is 0 Å². The molecule has 0 bridgehead atoms. The Morgan fingerprint density at radius 3 is 2.36 bits per heavy atom. The topological polar surface area (TPSA) is 66.5 Å². The van der Waals surface area contributed by atoms with Gasteiger partial charge in [0.1, 0.15) is 0 Å². The van der Waals surface area contributed by atoms with Crippen molar-refractivity contribution in [1.82, 2.24) is 5.32 Å². The van der Waals surface area contributed by atoms with Crippen LogP contribution in [-0.2, 0) is 10.0 Å². The van der Waals surface area contributed by atoms with E-state index in [0.717, 1.165) is 10.1 Å². The minimum atomic E-state index is -3.70. The highest BCUT2D eigenvalue weighted by atomic mass is 35.5. The van der Waals surface area contributed by atoms with Crippen LogP contribution < -0.4 is 9.62 Å². The molecule has 5 nitrogen and oxygen atoms in total. The van der Waals surface area contributed by atoms with Gasteiger partial charge in [-0.25, -0.2) is 8.42 Å². The number of nitrogens with zero attached hydrogens (tertiary/aromatic N) is 1. The molecule has 8 heteroatoms. The van der Waals surface area contributed by atoms with Crippen LogP contribution in [0.2, 0.25) is 5.02 Å². The fraction of sp³-hybridized carbons (Fsp3) is 0.350. The van der Waals surface area contributed by atoms with E-state index in [9.17, 15) is 13.2 Å². The van der Waals surface area contributed by atoms with Gasteiger partial charge in [-0.3, -0.25) is 9.10 Å². The lowest BCUT2D eigenvalue weighted by Gasteiger charge is -2.20.